The molecule has 3 aromatic heterocycles. The van der Waals surface area contributed by atoms with E-state index >= 15 is 0 Å². The number of ether oxygens (including phenoxy) is 1. The van der Waals surface area contributed by atoms with Crippen molar-refractivity contribution >= 4 is 22.6 Å². The summed E-state index contributed by atoms with van der Waals surface area (Å²) in [6.45, 7) is 2.00. The third-order valence-electron chi connectivity index (χ3n) is 4.52. The molecule has 3 heterocycles. The number of carbonyl (C=O) groups is 1. The van der Waals surface area contributed by atoms with Gasteiger partial charge in [-0.1, -0.05) is 18.2 Å². The number of nitrogens with one attached hydrogen (secondary N) is 1. The third kappa shape index (κ3) is 3.09. The van der Waals surface area contributed by atoms with Gasteiger partial charge in [0, 0.05) is 18.3 Å². The summed E-state index contributed by atoms with van der Waals surface area (Å²) in [5.74, 6) is 0.421. The molecular weight excluding hydrogens is 358 g/mol. The summed E-state index contributed by atoms with van der Waals surface area (Å²) in [4.78, 5) is 29.8. The maximum atomic E-state index is 12.9. The molecule has 28 heavy (non-hydrogen) atoms. The van der Waals surface area contributed by atoms with Crippen LogP contribution in [0.1, 0.15) is 11.3 Å². The highest BCUT2D eigenvalue weighted by molar-refractivity contribution is 5.80. The Bertz CT molecular complexity index is 1240. The van der Waals surface area contributed by atoms with Gasteiger partial charge in [0.05, 0.1) is 18.3 Å². The minimum atomic E-state index is -0.284. The van der Waals surface area contributed by atoms with Gasteiger partial charge in [-0.05, 0) is 31.2 Å². The van der Waals surface area contributed by atoms with Gasteiger partial charge < -0.3 is 10.1 Å². The topological polar surface area (TPSA) is 90.5 Å². The van der Waals surface area contributed by atoms with Crippen LogP contribution in [-0.2, 0) is 17.9 Å². The smallest absolute Gasteiger partial charge is 0.277 e. The van der Waals surface area contributed by atoms with Crippen molar-refractivity contribution in [3.05, 3.63) is 70.3 Å². The largest absolute Gasteiger partial charge is 0.496 e. The van der Waals surface area contributed by atoms with E-state index in [4.69, 9.17) is 4.74 Å². The fourth-order valence-electron chi connectivity index (χ4n) is 3.22. The average Bonchev–Trinajstić information content (AvgIpc) is 3.12. The molecule has 0 fully saturated rings. The average molecular weight is 377 g/mol. The number of nitrogens with zero attached hydrogens (tertiary/aromatic N) is 4. The fourth-order valence-corrected chi connectivity index (χ4v) is 3.22. The maximum absolute atomic E-state index is 12.9. The van der Waals surface area contributed by atoms with Crippen LogP contribution in [0.25, 0.3) is 16.7 Å². The molecule has 8 heteroatoms. The Labute approximate surface area is 160 Å². The number of aromatic nitrogens is 4. The van der Waals surface area contributed by atoms with Crippen LogP contribution in [0.2, 0.25) is 0 Å². The Morgan fingerprint density at radius 1 is 1.18 bits per heavy atom. The predicted molar refractivity (Wildman–Crippen MR) is 104 cm³/mol. The summed E-state index contributed by atoms with van der Waals surface area (Å²) in [6.07, 6.45) is 1.63. The van der Waals surface area contributed by atoms with Gasteiger partial charge in [0.2, 0.25) is 5.91 Å². The van der Waals surface area contributed by atoms with E-state index in [1.165, 1.54) is 9.08 Å². The summed E-state index contributed by atoms with van der Waals surface area (Å²) in [5, 5.41) is 7.19. The van der Waals surface area contributed by atoms with Crippen molar-refractivity contribution in [2.75, 3.05) is 7.11 Å². The van der Waals surface area contributed by atoms with Gasteiger partial charge in [0.1, 0.15) is 17.8 Å². The van der Waals surface area contributed by atoms with Gasteiger partial charge in [-0.25, -0.2) is 9.50 Å². The first-order chi connectivity index (χ1) is 13.6. The Morgan fingerprint density at radius 2 is 2.00 bits per heavy atom. The summed E-state index contributed by atoms with van der Waals surface area (Å²) < 4.78 is 8.25. The van der Waals surface area contributed by atoms with Crippen molar-refractivity contribution in [2.24, 2.45) is 0 Å². The van der Waals surface area contributed by atoms with E-state index < -0.39 is 0 Å². The zero-order valence-corrected chi connectivity index (χ0v) is 15.5. The molecule has 4 aromatic rings. The third-order valence-corrected chi connectivity index (χ3v) is 4.52. The number of fused-ring (bicyclic) bond motifs is 3. The highest BCUT2D eigenvalue weighted by atomic mass is 16.5. The molecule has 0 aliphatic rings. The van der Waals surface area contributed by atoms with Crippen molar-refractivity contribution in [3.63, 3.8) is 0 Å². The zero-order chi connectivity index (χ0) is 19.7. The van der Waals surface area contributed by atoms with Crippen LogP contribution >= 0.6 is 0 Å². The van der Waals surface area contributed by atoms with Crippen LogP contribution in [0.5, 0.6) is 5.75 Å². The van der Waals surface area contributed by atoms with Crippen LogP contribution in [0.4, 0.5) is 0 Å². The molecule has 0 atom stereocenters. The number of pyridine rings is 1. The quantitative estimate of drug-likeness (QED) is 0.571. The molecule has 1 aromatic carbocycles. The highest BCUT2D eigenvalue weighted by Crippen LogP contribution is 2.17. The SMILES string of the molecule is COc1ccccc1CNC(=O)Cn1c(=O)c2cc(C)nn2c2ncccc21. The number of rotatable bonds is 5. The summed E-state index contributed by atoms with van der Waals surface area (Å²) in [6, 6.07) is 12.6. The highest BCUT2D eigenvalue weighted by Gasteiger charge is 2.15. The second kappa shape index (κ2) is 7.15. The Hall–Kier alpha value is -3.68. The number of methoxy groups -OCH3 is 1. The van der Waals surface area contributed by atoms with E-state index in [1.54, 1.807) is 31.5 Å². The van der Waals surface area contributed by atoms with Gasteiger partial charge in [-0.2, -0.15) is 5.10 Å². The van der Waals surface area contributed by atoms with Crippen molar-refractivity contribution in [3.8, 4) is 5.75 Å². The van der Waals surface area contributed by atoms with E-state index in [2.05, 4.69) is 15.4 Å². The number of aryl methyl sites for hydroxylation is 1. The summed E-state index contributed by atoms with van der Waals surface area (Å²) in [5.41, 5.74) is 2.76. The minimum Gasteiger partial charge on any atom is -0.496 e. The fraction of sp³-hybridized carbons (Fsp3) is 0.200. The molecule has 1 amide bonds. The lowest BCUT2D eigenvalue weighted by Crippen LogP contribution is -2.33. The number of hydrogen-bond donors (Lipinski definition) is 1. The molecule has 0 aliphatic heterocycles. The molecule has 8 nitrogen and oxygen atoms in total. The monoisotopic (exact) mass is 377 g/mol. The minimum absolute atomic E-state index is 0.114. The van der Waals surface area contributed by atoms with E-state index in [0.717, 1.165) is 5.56 Å². The lowest BCUT2D eigenvalue weighted by atomic mass is 10.2. The van der Waals surface area contributed by atoms with Crippen molar-refractivity contribution in [2.45, 2.75) is 20.0 Å². The molecule has 0 spiro atoms. The Morgan fingerprint density at radius 3 is 2.82 bits per heavy atom. The standard InChI is InChI=1S/C20H19N5O3/c1-13-10-16-20(27)24(15-7-5-9-21-19(15)25(16)23-13)12-18(26)22-11-14-6-3-4-8-17(14)28-2/h3-10H,11-12H2,1-2H3,(H,22,26). The van der Waals surface area contributed by atoms with Crippen LogP contribution in [0.3, 0.4) is 0 Å². The molecule has 0 aliphatic carbocycles. The molecule has 0 saturated heterocycles. The molecule has 0 unspecified atom stereocenters. The van der Waals surface area contributed by atoms with Crippen LogP contribution < -0.4 is 15.6 Å². The van der Waals surface area contributed by atoms with Crippen LogP contribution in [0, 0.1) is 6.92 Å². The van der Waals surface area contributed by atoms with Crippen molar-refractivity contribution in [1.29, 1.82) is 0 Å². The van der Waals surface area contributed by atoms with Gasteiger partial charge in [-0.3, -0.25) is 14.2 Å². The van der Waals surface area contributed by atoms with E-state index in [0.29, 0.717) is 34.7 Å². The second-order valence-corrected chi connectivity index (χ2v) is 6.41. The molecule has 4 rings (SSSR count). The van der Waals surface area contributed by atoms with Gasteiger partial charge in [0.15, 0.2) is 5.65 Å². The van der Waals surface area contributed by atoms with Crippen molar-refractivity contribution in [1.82, 2.24) is 24.5 Å². The second-order valence-electron chi connectivity index (χ2n) is 6.41. The molecule has 1 N–H and O–H groups in total. The predicted octanol–water partition coefficient (Wildman–Crippen LogP) is 1.68. The van der Waals surface area contributed by atoms with Crippen molar-refractivity contribution < 1.29 is 9.53 Å². The first-order valence-corrected chi connectivity index (χ1v) is 8.81. The van der Waals surface area contributed by atoms with Crippen LogP contribution in [-0.4, -0.2) is 32.2 Å². The maximum Gasteiger partial charge on any atom is 0.277 e. The lowest BCUT2D eigenvalue weighted by Gasteiger charge is -2.12. The first-order valence-electron chi connectivity index (χ1n) is 8.81. The van der Waals surface area contributed by atoms with E-state index in [9.17, 15) is 9.59 Å². The summed E-state index contributed by atoms with van der Waals surface area (Å²) in [7, 11) is 1.59. The Kier molecular flexibility index (Phi) is 4.52. The molecule has 142 valence electrons. The molecule has 0 bridgehead atoms. The molecule has 0 radical (unpaired) electrons. The van der Waals surface area contributed by atoms with Crippen LogP contribution in [0.15, 0.2) is 53.5 Å². The van der Waals surface area contributed by atoms with Gasteiger partial charge in [0.25, 0.3) is 5.56 Å². The van der Waals surface area contributed by atoms with Gasteiger partial charge in [-0.15, -0.1) is 0 Å². The number of carbonyl (C=O) groups excluding carboxylic acids is 1. The molecular formula is C20H19N5O3. The molecule has 0 saturated carbocycles. The van der Waals surface area contributed by atoms with E-state index in [-0.39, 0.29) is 18.0 Å². The zero-order valence-electron chi connectivity index (χ0n) is 15.5. The Balaban J connectivity index is 1.66. The summed E-state index contributed by atoms with van der Waals surface area (Å²) >= 11 is 0. The van der Waals surface area contributed by atoms with E-state index in [1.807, 2.05) is 31.2 Å². The number of hydrogen-bond acceptors (Lipinski definition) is 5. The number of amides is 1. The van der Waals surface area contributed by atoms with Gasteiger partial charge >= 0.3 is 0 Å². The number of benzene rings is 1. The normalized spacial score (nSPS) is 11.1. The lowest BCUT2D eigenvalue weighted by molar-refractivity contribution is -0.121. The first kappa shape index (κ1) is 17.7. The number of para-hydroxylation sites is 1.